The van der Waals surface area contributed by atoms with Gasteiger partial charge in [-0.25, -0.2) is 28.6 Å². The van der Waals surface area contributed by atoms with Crippen LogP contribution < -0.4 is 15.6 Å². The molecule has 4 aromatic rings. The normalized spacial score (nSPS) is 19.8. The smallest absolute Gasteiger partial charge is 0.407 e. The van der Waals surface area contributed by atoms with Gasteiger partial charge in [0.15, 0.2) is 5.78 Å². The van der Waals surface area contributed by atoms with Gasteiger partial charge in [0.1, 0.15) is 17.7 Å². The van der Waals surface area contributed by atoms with Crippen LogP contribution >= 0.6 is 0 Å². The molecule has 2 aromatic carbocycles. The number of anilines is 1. The van der Waals surface area contributed by atoms with Crippen LogP contribution in [-0.2, 0) is 41.6 Å². The first kappa shape index (κ1) is 58.8. The van der Waals surface area contributed by atoms with E-state index in [0.29, 0.717) is 73.5 Å². The lowest BCUT2D eigenvalue weighted by molar-refractivity contribution is -0.231. The summed E-state index contributed by atoms with van der Waals surface area (Å²) >= 11 is 0. The van der Waals surface area contributed by atoms with Gasteiger partial charge >= 0.3 is 24.4 Å². The van der Waals surface area contributed by atoms with Crippen LogP contribution in [0.25, 0.3) is 22.4 Å². The third kappa shape index (κ3) is 13.2. The lowest BCUT2D eigenvalue weighted by Crippen LogP contribution is -2.62. The Morgan fingerprint density at radius 1 is 0.785 bits per heavy atom. The van der Waals surface area contributed by atoms with Crippen molar-refractivity contribution in [3.63, 3.8) is 0 Å². The molecule has 2 bridgehead atoms. The van der Waals surface area contributed by atoms with E-state index in [-0.39, 0.29) is 23.7 Å². The van der Waals surface area contributed by atoms with Crippen LogP contribution in [-0.4, -0.2) is 148 Å². The summed E-state index contributed by atoms with van der Waals surface area (Å²) in [6.45, 7) is 3.80. The van der Waals surface area contributed by atoms with Crippen LogP contribution in [0.5, 0.6) is 0 Å². The van der Waals surface area contributed by atoms with Crippen molar-refractivity contribution in [2.75, 3.05) is 52.0 Å². The summed E-state index contributed by atoms with van der Waals surface area (Å²) in [6, 6.07) is 9.09. The van der Waals surface area contributed by atoms with Crippen LogP contribution in [0.3, 0.4) is 0 Å². The molecule has 3 saturated heterocycles. The average Bonchev–Trinajstić information content (AvgIpc) is 4.18. The lowest BCUT2D eigenvalue weighted by Gasteiger charge is -2.47. The molecule has 3 aliphatic heterocycles. The number of ketones is 1. The van der Waals surface area contributed by atoms with E-state index < -0.39 is 114 Å². The number of hydrogen-bond acceptors (Lipinski definition) is 14. The quantitative estimate of drug-likeness (QED) is 0.0393. The second kappa shape index (κ2) is 23.4. The molecular formula is C54H65F8N9O8. The summed E-state index contributed by atoms with van der Waals surface area (Å²) in [4.78, 5) is 67.5. The fourth-order valence-electron chi connectivity index (χ4n) is 10.6. The van der Waals surface area contributed by atoms with Crippen LogP contribution in [0.4, 0.5) is 45.9 Å². The van der Waals surface area contributed by atoms with Gasteiger partial charge in [0.05, 0.1) is 74.5 Å². The fraction of sp³-hybridized carbons (Fsp3) is 0.574. The van der Waals surface area contributed by atoms with Gasteiger partial charge < -0.3 is 29.5 Å². The Bertz CT molecular complexity index is 2790. The number of ether oxygens (including phenoxy) is 3. The molecule has 8 rings (SSSR count). The molecule has 25 heteroatoms. The second-order valence-electron chi connectivity index (χ2n) is 22.1. The first-order chi connectivity index (χ1) is 37.2. The lowest BCUT2D eigenvalue weighted by atomic mass is 9.75. The summed E-state index contributed by atoms with van der Waals surface area (Å²) in [7, 11) is 1.77. The van der Waals surface area contributed by atoms with Gasteiger partial charge in [0.2, 0.25) is 11.9 Å². The first-order valence-electron chi connectivity index (χ1n) is 26.0. The number of methoxy groups -OCH3 is 2. The molecule has 5 heterocycles. The number of nitrogens with zero attached hydrogens (tertiary/aromatic N) is 7. The van der Waals surface area contributed by atoms with Gasteiger partial charge in [-0.15, -0.1) is 0 Å². The monoisotopic (exact) mass is 1120 g/mol. The van der Waals surface area contributed by atoms with Gasteiger partial charge in [-0.05, 0) is 81.2 Å². The zero-order valence-electron chi connectivity index (χ0n) is 44.5. The number of Topliss-reactive ketones (excluding diaryl/α,β-unsaturated/α-hetero) is 1. The number of alkyl halides is 6. The van der Waals surface area contributed by atoms with E-state index in [2.05, 4.69) is 39.8 Å². The largest absolute Gasteiger partial charge is 0.469 e. The third-order valence-electron chi connectivity index (χ3n) is 16.0. The molecule has 3 N–H and O–H groups in total. The number of nitrogens with one attached hydrogen (secondary N) is 2. The average molecular weight is 1120 g/mol. The summed E-state index contributed by atoms with van der Waals surface area (Å²) in [5, 5.41) is 19.3. The van der Waals surface area contributed by atoms with E-state index in [4.69, 9.17) is 4.74 Å². The first-order valence-corrected chi connectivity index (χ1v) is 26.0. The number of hydrogen-bond donors (Lipinski definition) is 3. The highest BCUT2D eigenvalue weighted by molar-refractivity contribution is 5.88. The molecule has 2 unspecified atom stereocenters. The minimum Gasteiger partial charge on any atom is -0.469 e. The number of alkyl carbamates (subject to hydrolysis) is 1. The second-order valence-corrected chi connectivity index (χ2v) is 22.1. The zero-order valence-corrected chi connectivity index (χ0v) is 44.5. The number of carbonyl (C=O) groups excluding carboxylic acids is 4. The molecule has 0 radical (unpaired) electrons. The van der Waals surface area contributed by atoms with Crippen LogP contribution in [0, 0.1) is 34.3 Å². The van der Waals surface area contributed by atoms with Crippen molar-refractivity contribution < 1.29 is 73.6 Å². The number of piperazine rings is 1. The Balaban J connectivity index is 1.09. The van der Waals surface area contributed by atoms with E-state index in [1.54, 1.807) is 53.6 Å². The predicted molar refractivity (Wildman–Crippen MR) is 269 cm³/mol. The fourth-order valence-corrected chi connectivity index (χ4v) is 10.6. The van der Waals surface area contributed by atoms with Crippen molar-refractivity contribution in [1.29, 1.82) is 0 Å². The van der Waals surface area contributed by atoms with Gasteiger partial charge in [-0.2, -0.15) is 31.4 Å². The number of amides is 2. The highest BCUT2D eigenvalue weighted by Crippen LogP contribution is 2.46. The van der Waals surface area contributed by atoms with Crippen molar-refractivity contribution >= 4 is 29.7 Å². The number of rotatable bonds is 22. The van der Waals surface area contributed by atoms with Gasteiger partial charge in [-0.1, -0.05) is 38.1 Å². The molecule has 0 spiro atoms. The third-order valence-corrected chi connectivity index (χ3v) is 16.0. The number of hydrazine groups is 1. The number of aliphatic hydroxyl groups excluding tert-OH is 1. The van der Waals surface area contributed by atoms with E-state index in [1.807, 2.05) is 5.32 Å². The zero-order chi connectivity index (χ0) is 57.4. The van der Waals surface area contributed by atoms with Crippen molar-refractivity contribution in [3.05, 3.63) is 83.8 Å². The number of benzene rings is 2. The van der Waals surface area contributed by atoms with E-state index in [9.17, 15) is 50.6 Å². The molecule has 4 fully saturated rings. The SMILES string of the molecule is COC(=O)C[C@H](C(=O)NN(Cc1c(F)cc(-c2ccn(C3CC3)n2)cc1F)C[C@H](O)[C@@H](CC(=O)[C@@H](NC(=O)OC)C(C)(C)C(F)(F)F)Cc1ccc(-c2cnc(N3CC4CCC(C3)N4C3COC3)nc2)cc1)C(C)(C)C(F)(F)F. The maximum absolute atomic E-state index is 16.2. The van der Waals surface area contributed by atoms with Crippen LogP contribution in [0.1, 0.15) is 83.4 Å². The number of aliphatic hydroxyl groups is 1. The minimum absolute atomic E-state index is 0.0286. The van der Waals surface area contributed by atoms with Gasteiger partial charge in [-0.3, -0.25) is 29.4 Å². The van der Waals surface area contributed by atoms with E-state index >= 15 is 8.78 Å². The van der Waals surface area contributed by atoms with E-state index in [0.717, 1.165) is 78.3 Å². The highest BCUT2D eigenvalue weighted by atomic mass is 19.4. The highest BCUT2D eigenvalue weighted by Gasteiger charge is 2.57. The number of aromatic nitrogens is 4. The Labute approximate surface area is 451 Å². The van der Waals surface area contributed by atoms with E-state index in [1.165, 1.54) is 0 Å². The Morgan fingerprint density at radius 2 is 1.38 bits per heavy atom. The summed E-state index contributed by atoms with van der Waals surface area (Å²) in [5.74, 6) is -9.38. The maximum Gasteiger partial charge on any atom is 0.407 e. The van der Waals surface area contributed by atoms with Crippen molar-refractivity contribution in [1.82, 2.24) is 40.4 Å². The Hall–Kier alpha value is -6.31. The van der Waals surface area contributed by atoms with Crippen LogP contribution in [0.2, 0.25) is 0 Å². The molecule has 2 aromatic heterocycles. The minimum atomic E-state index is -5.11. The molecule has 1 saturated carbocycles. The number of esters is 1. The Morgan fingerprint density at radius 3 is 1.91 bits per heavy atom. The summed E-state index contributed by atoms with van der Waals surface area (Å²) in [5.41, 5.74) is -2.43. The number of halogens is 8. The molecule has 2 amide bonds. The predicted octanol–water partition coefficient (Wildman–Crippen LogP) is 7.77. The molecule has 430 valence electrons. The van der Waals surface area contributed by atoms with Crippen LogP contribution in [0.15, 0.2) is 61.1 Å². The van der Waals surface area contributed by atoms with Crippen molar-refractivity contribution in [2.24, 2.45) is 22.7 Å². The summed E-state index contributed by atoms with van der Waals surface area (Å²) < 4.78 is 137. The van der Waals surface area contributed by atoms with Gasteiger partial charge in [0.25, 0.3) is 0 Å². The van der Waals surface area contributed by atoms with Gasteiger partial charge in [0, 0.05) is 80.0 Å². The molecule has 1 aliphatic carbocycles. The molecule has 17 nitrogen and oxygen atoms in total. The van der Waals surface area contributed by atoms with Crippen molar-refractivity contribution in [3.8, 4) is 22.4 Å². The molecule has 79 heavy (non-hydrogen) atoms. The molecule has 4 aliphatic rings. The van der Waals surface area contributed by atoms with Crippen molar-refractivity contribution in [2.45, 2.75) is 128 Å². The summed E-state index contributed by atoms with van der Waals surface area (Å²) in [6.07, 6.45) is -6.94. The topological polar surface area (TPSA) is 194 Å². The number of carbonyl (C=O) groups is 4. The maximum atomic E-state index is 16.2. The molecular weight excluding hydrogens is 1050 g/mol. The standard InChI is InChI=1S/C54H65F8N9O8/c1-51(2,53(57,58)59)40(21-46(74)77-5)48(75)67-69(26-39-41(55)18-32(19-42(39)56)43-15-16-70(66-43)35-11-12-35)27-45(73)33(20-44(72)47(65-50(76)78-6)52(3,4)54(60,61)62)17-30-7-9-31(10-8-30)34-22-63-49(64-23-34)68-24-36-13-14-37(25-68)71(36)38-28-79-29-38/h7-10,15-16,18-19,22-23,33,35-38,40,45,47,73H,11-14,17,20-21,24-29H2,1-6H3,(H,65,76)(H,67,75)/t33-,36?,37?,40-,45+,47-/m1/s1. The Kier molecular flexibility index (Phi) is 17.4. The molecule has 6 atom stereocenters. The number of fused-ring (bicyclic) bond motifs is 2.